The van der Waals surface area contributed by atoms with Crippen molar-refractivity contribution in [1.82, 2.24) is 4.57 Å². The van der Waals surface area contributed by atoms with Gasteiger partial charge in [-0.1, -0.05) is 48.6 Å². The molecule has 1 amide bonds. The molecule has 0 spiro atoms. The second kappa shape index (κ2) is 8.12. The van der Waals surface area contributed by atoms with E-state index in [0.717, 1.165) is 45.7 Å². The summed E-state index contributed by atoms with van der Waals surface area (Å²) < 4.78 is 8.51. The highest BCUT2D eigenvalue weighted by Crippen LogP contribution is 2.23. The Hall–Kier alpha value is -2.40. The summed E-state index contributed by atoms with van der Waals surface area (Å²) in [6, 6.07) is 16.0. The summed E-state index contributed by atoms with van der Waals surface area (Å²) in [7, 11) is 1.66. The number of benzene rings is 2. The molecular weight excluding hydrogens is 332 g/mol. The van der Waals surface area contributed by atoms with Gasteiger partial charge >= 0.3 is 0 Å². The van der Waals surface area contributed by atoms with Crippen LogP contribution >= 0.6 is 11.3 Å². The molecule has 0 bridgehead atoms. The fourth-order valence-corrected chi connectivity index (χ4v) is 3.87. The lowest BCUT2D eigenvalue weighted by molar-refractivity contribution is -0.118. The molecule has 0 radical (unpaired) electrons. The van der Waals surface area contributed by atoms with Gasteiger partial charge in [0.15, 0.2) is 4.80 Å². The lowest BCUT2D eigenvalue weighted by Gasteiger charge is -2.03. The van der Waals surface area contributed by atoms with Crippen LogP contribution in [-0.4, -0.2) is 17.6 Å². The van der Waals surface area contributed by atoms with Gasteiger partial charge in [-0.2, -0.15) is 4.99 Å². The van der Waals surface area contributed by atoms with E-state index in [1.807, 2.05) is 48.5 Å². The maximum Gasteiger partial charge on any atom is 0.248 e. The molecule has 25 heavy (non-hydrogen) atoms. The van der Waals surface area contributed by atoms with Gasteiger partial charge in [-0.15, -0.1) is 0 Å². The molecule has 4 nitrogen and oxygen atoms in total. The van der Waals surface area contributed by atoms with Gasteiger partial charge in [-0.25, -0.2) is 0 Å². The van der Waals surface area contributed by atoms with Crippen LogP contribution in [0.4, 0.5) is 0 Å². The molecule has 130 valence electrons. The fourth-order valence-electron chi connectivity index (χ4n) is 2.76. The highest BCUT2D eigenvalue weighted by molar-refractivity contribution is 7.16. The second-order valence-electron chi connectivity index (χ2n) is 5.86. The van der Waals surface area contributed by atoms with Crippen molar-refractivity contribution in [3.8, 4) is 5.75 Å². The summed E-state index contributed by atoms with van der Waals surface area (Å²) in [6.45, 7) is 2.97. The Kier molecular flexibility index (Phi) is 5.66. The number of carbonyl (C=O) groups excluding carboxylic acids is 1. The molecule has 3 aromatic rings. The zero-order valence-corrected chi connectivity index (χ0v) is 15.4. The van der Waals surface area contributed by atoms with Crippen molar-refractivity contribution >= 4 is 27.5 Å². The van der Waals surface area contributed by atoms with Gasteiger partial charge in [-0.05, 0) is 36.6 Å². The van der Waals surface area contributed by atoms with Crippen LogP contribution in [0.3, 0.4) is 0 Å². The first-order chi connectivity index (χ1) is 12.2. The maximum atomic E-state index is 12.3. The summed E-state index contributed by atoms with van der Waals surface area (Å²) >= 11 is 1.54. The number of thiazole rings is 1. The number of hydrogen-bond acceptors (Lipinski definition) is 3. The predicted octanol–water partition coefficient (Wildman–Crippen LogP) is 4.18. The van der Waals surface area contributed by atoms with E-state index in [9.17, 15) is 4.79 Å². The first kappa shape index (κ1) is 17.4. The van der Waals surface area contributed by atoms with Gasteiger partial charge in [0, 0.05) is 13.0 Å². The summed E-state index contributed by atoms with van der Waals surface area (Å²) in [5.74, 6) is 0.742. The Balaban J connectivity index is 1.88. The van der Waals surface area contributed by atoms with Gasteiger partial charge < -0.3 is 9.30 Å². The number of amides is 1. The van der Waals surface area contributed by atoms with Crippen molar-refractivity contribution in [3.05, 3.63) is 58.9 Å². The Morgan fingerprint density at radius 2 is 2.00 bits per heavy atom. The molecular formula is C20H22N2O2S. The van der Waals surface area contributed by atoms with E-state index < -0.39 is 0 Å². The Bertz CT molecular complexity index is 926. The molecule has 0 saturated carbocycles. The number of carbonyl (C=O) groups is 1. The van der Waals surface area contributed by atoms with Crippen LogP contribution in [0.5, 0.6) is 5.75 Å². The quantitative estimate of drug-likeness (QED) is 0.666. The zero-order chi connectivity index (χ0) is 17.6. The molecule has 0 atom stereocenters. The van der Waals surface area contributed by atoms with Crippen molar-refractivity contribution < 1.29 is 9.53 Å². The average Bonchev–Trinajstić information content (AvgIpc) is 2.97. The number of aryl methyl sites for hydroxylation is 2. The molecule has 0 aliphatic rings. The molecule has 2 aromatic carbocycles. The van der Waals surface area contributed by atoms with Crippen LogP contribution in [0, 0.1) is 0 Å². The topological polar surface area (TPSA) is 43.6 Å². The Labute approximate surface area is 151 Å². The summed E-state index contributed by atoms with van der Waals surface area (Å²) in [5.41, 5.74) is 2.26. The van der Waals surface area contributed by atoms with E-state index in [4.69, 9.17) is 4.74 Å². The van der Waals surface area contributed by atoms with Crippen LogP contribution in [0.1, 0.15) is 25.3 Å². The maximum absolute atomic E-state index is 12.3. The molecule has 0 fully saturated rings. The normalized spacial score (nSPS) is 11.8. The summed E-state index contributed by atoms with van der Waals surface area (Å²) in [5, 5.41) is 0. The van der Waals surface area contributed by atoms with Crippen LogP contribution in [-0.2, 0) is 17.8 Å². The van der Waals surface area contributed by atoms with Gasteiger partial charge in [0.1, 0.15) is 5.75 Å². The smallest absolute Gasteiger partial charge is 0.248 e. The van der Waals surface area contributed by atoms with Crippen molar-refractivity contribution in [3.63, 3.8) is 0 Å². The summed E-state index contributed by atoms with van der Waals surface area (Å²) in [4.78, 5) is 17.5. The van der Waals surface area contributed by atoms with Crippen molar-refractivity contribution in [2.75, 3.05) is 7.11 Å². The highest BCUT2D eigenvalue weighted by Gasteiger charge is 2.09. The molecule has 1 aromatic heterocycles. The SMILES string of the molecule is CCCn1c(=NC(=O)CCc2ccccc2)sc2cc(OC)ccc21. The standard InChI is InChI=1S/C20H22N2O2S/c1-3-13-22-17-11-10-16(24-2)14-18(17)25-20(22)21-19(23)12-9-15-7-5-4-6-8-15/h4-8,10-11,14H,3,9,12-13H2,1-2H3. The highest BCUT2D eigenvalue weighted by atomic mass is 32.1. The largest absolute Gasteiger partial charge is 0.497 e. The Morgan fingerprint density at radius 3 is 2.72 bits per heavy atom. The van der Waals surface area contributed by atoms with Crippen LogP contribution in [0.2, 0.25) is 0 Å². The van der Waals surface area contributed by atoms with Crippen LogP contribution in [0.15, 0.2) is 53.5 Å². The molecule has 0 N–H and O–H groups in total. The molecule has 5 heteroatoms. The third-order valence-corrected chi connectivity index (χ3v) is 5.07. The minimum Gasteiger partial charge on any atom is -0.497 e. The van der Waals surface area contributed by atoms with Crippen molar-refractivity contribution in [2.45, 2.75) is 32.7 Å². The number of methoxy groups -OCH3 is 1. The van der Waals surface area contributed by atoms with Crippen LogP contribution in [0.25, 0.3) is 10.2 Å². The number of fused-ring (bicyclic) bond motifs is 1. The van der Waals surface area contributed by atoms with E-state index in [1.165, 1.54) is 11.3 Å². The number of aromatic nitrogens is 1. The predicted molar refractivity (Wildman–Crippen MR) is 102 cm³/mol. The average molecular weight is 354 g/mol. The van der Waals surface area contributed by atoms with Gasteiger partial charge in [0.2, 0.25) is 5.91 Å². The molecule has 3 rings (SSSR count). The second-order valence-corrected chi connectivity index (χ2v) is 6.87. The molecule has 0 aliphatic carbocycles. The number of rotatable bonds is 6. The first-order valence-corrected chi connectivity index (χ1v) is 9.31. The van der Waals surface area contributed by atoms with E-state index in [0.29, 0.717) is 6.42 Å². The molecule has 0 aliphatic heterocycles. The van der Waals surface area contributed by atoms with Crippen molar-refractivity contribution in [1.29, 1.82) is 0 Å². The minimum absolute atomic E-state index is 0.0766. The number of hydrogen-bond donors (Lipinski definition) is 0. The van der Waals surface area contributed by atoms with Gasteiger partial charge in [0.25, 0.3) is 0 Å². The lowest BCUT2D eigenvalue weighted by Crippen LogP contribution is -2.16. The molecule has 0 unspecified atom stereocenters. The van der Waals surface area contributed by atoms with E-state index >= 15 is 0 Å². The van der Waals surface area contributed by atoms with Gasteiger partial charge in [-0.3, -0.25) is 4.79 Å². The zero-order valence-electron chi connectivity index (χ0n) is 14.6. The summed E-state index contributed by atoms with van der Waals surface area (Å²) in [6.07, 6.45) is 2.13. The number of ether oxygens (including phenoxy) is 1. The number of nitrogens with zero attached hydrogens (tertiary/aromatic N) is 2. The lowest BCUT2D eigenvalue weighted by atomic mass is 10.1. The molecule has 1 heterocycles. The van der Waals surface area contributed by atoms with E-state index in [2.05, 4.69) is 16.5 Å². The van der Waals surface area contributed by atoms with Crippen molar-refractivity contribution in [2.24, 2.45) is 4.99 Å². The monoisotopic (exact) mass is 354 g/mol. The van der Waals surface area contributed by atoms with E-state index in [1.54, 1.807) is 7.11 Å². The Morgan fingerprint density at radius 1 is 1.20 bits per heavy atom. The van der Waals surface area contributed by atoms with Gasteiger partial charge in [0.05, 0.1) is 17.3 Å². The minimum atomic E-state index is -0.0766. The third kappa shape index (κ3) is 4.17. The van der Waals surface area contributed by atoms with E-state index in [-0.39, 0.29) is 5.91 Å². The molecule has 0 saturated heterocycles. The van der Waals surface area contributed by atoms with Crippen LogP contribution < -0.4 is 9.54 Å². The first-order valence-electron chi connectivity index (χ1n) is 8.50. The third-order valence-electron chi connectivity index (χ3n) is 4.03. The fraction of sp³-hybridized carbons (Fsp3) is 0.300.